The predicted octanol–water partition coefficient (Wildman–Crippen LogP) is 0.813. The minimum Gasteiger partial charge on any atom is -0.393 e. The summed E-state index contributed by atoms with van der Waals surface area (Å²) in [7, 11) is 0. The number of carbonyl (C=O) groups excluding carboxylic acids is 1. The molecule has 4 heteroatoms. The van der Waals surface area contributed by atoms with Gasteiger partial charge >= 0.3 is 0 Å². The molecule has 2 atom stereocenters. The molecule has 2 unspecified atom stereocenters. The second-order valence-electron chi connectivity index (χ2n) is 3.37. The van der Waals surface area contributed by atoms with E-state index < -0.39 is 5.92 Å². The monoisotopic (exact) mass is 198 g/mol. The number of nitrogens with one attached hydrogen (secondary N) is 1. The molecule has 0 aromatic heterocycles. The highest BCUT2D eigenvalue weighted by Gasteiger charge is 2.13. The van der Waals surface area contributed by atoms with Gasteiger partial charge in [-0.2, -0.15) is 5.26 Å². The summed E-state index contributed by atoms with van der Waals surface area (Å²) >= 11 is 0. The molecule has 4 nitrogen and oxygen atoms in total. The van der Waals surface area contributed by atoms with E-state index in [0.717, 1.165) is 6.42 Å². The highest BCUT2D eigenvalue weighted by molar-refractivity contribution is 5.80. The van der Waals surface area contributed by atoms with E-state index in [1.807, 2.05) is 13.0 Å². The van der Waals surface area contributed by atoms with Crippen LogP contribution in [0.5, 0.6) is 0 Å². The van der Waals surface area contributed by atoms with Crippen molar-refractivity contribution in [3.05, 3.63) is 0 Å². The smallest absolute Gasteiger partial charge is 0.237 e. The number of rotatable bonds is 6. The molecule has 0 heterocycles. The third kappa shape index (κ3) is 5.55. The zero-order valence-electron chi connectivity index (χ0n) is 8.79. The second-order valence-corrected chi connectivity index (χ2v) is 3.37. The molecule has 0 aliphatic rings. The van der Waals surface area contributed by atoms with Crippen molar-refractivity contribution in [1.29, 1.82) is 5.26 Å². The Kier molecular flexibility index (Phi) is 6.77. The Morgan fingerprint density at radius 2 is 2.29 bits per heavy atom. The molecule has 0 spiro atoms. The summed E-state index contributed by atoms with van der Waals surface area (Å²) in [6, 6.07) is 1.94. The van der Waals surface area contributed by atoms with Crippen molar-refractivity contribution >= 4 is 5.91 Å². The van der Waals surface area contributed by atoms with Gasteiger partial charge in [0.25, 0.3) is 0 Å². The van der Waals surface area contributed by atoms with Crippen LogP contribution in [-0.2, 0) is 4.79 Å². The maximum absolute atomic E-state index is 11.3. The largest absolute Gasteiger partial charge is 0.393 e. The molecule has 0 rings (SSSR count). The van der Waals surface area contributed by atoms with E-state index in [1.165, 1.54) is 0 Å². The summed E-state index contributed by atoms with van der Waals surface area (Å²) < 4.78 is 0. The fraction of sp³-hybridized carbons (Fsp3) is 0.800. The Morgan fingerprint density at radius 1 is 1.64 bits per heavy atom. The summed E-state index contributed by atoms with van der Waals surface area (Å²) in [6.45, 7) is 4.05. The highest BCUT2D eigenvalue weighted by Crippen LogP contribution is 2.00. The summed E-state index contributed by atoms with van der Waals surface area (Å²) in [6.07, 6.45) is 1.62. The Bertz CT molecular complexity index is 209. The number of nitriles is 1. The first-order valence-electron chi connectivity index (χ1n) is 4.97. The lowest BCUT2D eigenvalue weighted by molar-refractivity contribution is -0.123. The molecule has 0 aromatic carbocycles. The third-order valence-electron chi connectivity index (χ3n) is 1.98. The van der Waals surface area contributed by atoms with E-state index in [1.54, 1.807) is 6.92 Å². The normalized spacial score (nSPS) is 14.1. The van der Waals surface area contributed by atoms with Gasteiger partial charge in [-0.15, -0.1) is 0 Å². The lowest BCUT2D eigenvalue weighted by Gasteiger charge is -2.08. The molecular weight excluding hydrogens is 180 g/mol. The molecule has 0 radical (unpaired) electrons. The number of aliphatic hydroxyl groups excluding tert-OH is 1. The van der Waals surface area contributed by atoms with Gasteiger partial charge in [0.05, 0.1) is 12.2 Å². The van der Waals surface area contributed by atoms with Crippen molar-refractivity contribution in [1.82, 2.24) is 5.32 Å². The number of hydrogen-bond acceptors (Lipinski definition) is 3. The van der Waals surface area contributed by atoms with Crippen LogP contribution >= 0.6 is 0 Å². The van der Waals surface area contributed by atoms with Crippen molar-refractivity contribution in [2.75, 3.05) is 6.54 Å². The highest BCUT2D eigenvalue weighted by atomic mass is 16.3. The average molecular weight is 198 g/mol. The fourth-order valence-electron chi connectivity index (χ4n) is 1.07. The van der Waals surface area contributed by atoms with E-state index in [-0.39, 0.29) is 12.0 Å². The number of carbonyl (C=O) groups is 1. The fourth-order valence-corrected chi connectivity index (χ4v) is 1.07. The van der Waals surface area contributed by atoms with Gasteiger partial charge in [0.15, 0.2) is 0 Å². The molecule has 0 aliphatic carbocycles. The Labute approximate surface area is 84.9 Å². The second kappa shape index (κ2) is 7.34. The van der Waals surface area contributed by atoms with Gasteiger partial charge in [0.2, 0.25) is 5.91 Å². The van der Waals surface area contributed by atoms with Gasteiger partial charge in [-0.25, -0.2) is 0 Å². The van der Waals surface area contributed by atoms with Crippen LogP contribution < -0.4 is 5.32 Å². The number of amides is 1. The van der Waals surface area contributed by atoms with Crippen LogP contribution in [0.4, 0.5) is 0 Å². The molecule has 14 heavy (non-hydrogen) atoms. The minimum atomic E-state index is -0.540. The van der Waals surface area contributed by atoms with Gasteiger partial charge < -0.3 is 10.4 Å². The predicted molar refractivity (Wildman–Crippen MR) is 53.3 cm³/mol. The molecular formula is C10H18N2O2. The molecule has 0 saturated heterocycles. The van der Waals surface area contributed by atoms with Crippen molar-refractivity contribution < 1.29 is 9.90 Å². The summed E-state index contributed by atoms with van der Waals surface area (Å²) in [4.78, 5) is 11.3. The summed E-state index contributed by atoms with van der Waals surface area (Å²) in [5.74, 6) is -0.748. The molecule has 0 saturated carbocycles. The Balaban J connectivity index is 3.59. The van der Waals surface area contributed by atoms with Gasteiger partial charge in [-0.05, 0) is 26.2 Å². The minimum absolute atomic E-state index is 0.208. The van der Waals surface area contributed by atoms with Crippen molar-refractivity contribution in [2.45, 2.75) is 39.2 Å². The summed E-state index contributed by atoms with van der Waals surface area (Å²) in [5, 5.41) is 20.2. The first-order valence-corrected chi connectivity index (χ1v) is 4.97. The SMILES string of the molecule is CCC(C#N)C(=O)NCCCC(C)O. The van der Waals surface area contributed by atoms with Crippen molar-refractivity contribution in [2.24, 2.45) is 5.92 Å². The standard InChI is InChI=1S/C10H18N2O2/c1-3-9(7-11)10(14)12-6-4-5-8(2)13/h8-9,13H,3-6H2,1-2H3,(H,12,14). The zero-order valence-corrected chi connectivity index (χ0v) is 8.79. The summed E-state index contributed by atoms with van der Waals surface area (Å²) in [5.41, 5.74) is 0. The lowest BCUT2D eigenvalue weighted by atomic mass is 10.1. The van der Waals surface area contributed by atoms with Crippen molar-refractivity contribution in [3.63, 3.8) is 0 Å². The topological polar surface area (TPSA) is 73.1 Å². The molecule has 0 bridgehead atoms. The van der Waals surface area contributed by atoms with E-state index in [4.69, 9.17) is 10.4 Å². The van der Waals surface area contributed by atoms with E-state index in [9.17, 15) is 4.79 Å². The van der Waals surface area contributed by atoms with Crippen molar-refractivity contribution in [3.8, 4) is 6.07 Å². The quantitative estimate of drug-likeness (QED) is 0.620. The maximum Gasteiger partial charge on any atom is 0.237 e. The van der Waals surface area contributed by atoms with Crippen LogP contribution in [0, 0.1) is 17.2 Å². The number of hydrogen-bond donors (Lipinski definition) is 2. The molecule has 2 N–H and O–H groups in total. The van der Waals surface area contributed by atoms with E-state index >= 15 is 0 Å². The number of aliphatic hydroxyl groups is 1. The molecule has 0 aliphatic heterocycles. The molecule has 0 aromatic rings. The van der Waals surface area contributed by atoms with E-state index in [2.05, 4.69) is 5.32 Å². The van der Waals surface area contributed by atoms with Gasteiger partial charge in [-0.1, -0.05) is 6.92 Å². The Hall–Kier alpha value is -1.08. The van der Waals surface area contributed by atoms with Crippen LogP contribution in [0.1, 0.15) is 33.1 Å². The molecule has 1 amide bonds. The molecule has 80 valence electrons. The van der Waals surface area contributed by atoms with Gasteiger partial charge in [0, 0.05) is 6.54 Å². The van der Waals surface area contributed by atoms with Gasteiger partial charge in [-0.3, -0.25) is 4.79 Å². The number of nitrogens with zero attached hydrogens (tertiary/aromatic N) is 1. The first-order chi connectivity index (χ1) is 6.61. The van der Waals surface area contributed by atoms with Crippen LogP contribution in [0.3, 0.4) is 0 Å². The third-order valence-corrected chi connectivity index (χ3v) is 1.98. The molecule has 0 fully saturated rings. The first kappa shape index (κ1) is 12.9. The Morgan fingerprint density at radius 3 is 2.71 bits per heavy atom. The van der Waals surface area contributed by atoms with Crippen LogP contribution in [-0.4, -0.2) is 23.7 Å². The van der Waals surface area contributed by atoms with Crippen LogP contribution in [0.15, 0.2) is 0 Å². The van der Waals surface area contributed by atoms with Crippen LogP contribution in [0.2, 0.25) is 0 Å². The van der Waals surface area contributed by atoms with E-state index in [0.29, 0.717) is 19.4 Å². The van der Waals surface area contributed by atoms with Gasteiger partial charge in [0.1, 0.15) is 5.92 Å². The van der Waals surface area contributed by atoms with Crippen LogP contribution in [0.25, 0.3) is 0 Å². The average Bonchev–Trinajstić information content (AvgIpc) is 2.14. The maximum atomic E-state index is 11.3. The zero-order chi connectivity index (χ0) is 11.0. The lowest BCUT2D eigenvalue weighted by Crippen LogP contribution is -2.30.